The molecule has 0 saturated carbocycles. The van der Waals surface area contributed by atoms with Crippen LogP contribution in [0.15, 0.2) is 59.4 Å². The summed E-state index contributed by atoms with van der Waals surface area (Å²) < 4.78 is 13.2. The van der Waals surface area contributed by atoms with E-state index < -0.39 is 0 Å². The number of nitrogens with zero attached hydrogens (tertiary/aromatic N) is 2. The Morgan fingerprint density at radius 2 is 1.80 bits per heavy atom. The van der Waals surface area contributed by atoms with Crippen molar-refractivity contribution in [2.45, 2.75) is 19.1 Å². The molecule has 0 saturated heterocycles. The van der Waals surface area contributed by atoms with Crippen LogP contribution < -0.4 is 5.69 Å². The van der Waals surface area contributed by atoms with Crippen LogP contribution in [0.3, 0.4) is 0 Å². The van der Waals surface area contributed by atoms with E-state index in [1.54, 1.807) is 12.1 Å². The lowest BCUT2D eigenvalue weighted by Crippen LogP contribution is -2.31. The average Bonchev–Trinajstić information content (AvgIpc) is 3.03. The molecule has 0 amide bonds. The summed E-state index contributed by atoms with van der Waals surface area (Å²) in [4.78, 5) is 15.9. The third kappa shape index (κ3) is 4.40. The molecule has 6 nitrogen and oxygen atoms in total. The molecule has 0 unspecified atom stereocenters. The molecule has 0 aliphatic heterocycles. The van der Waals surface area contributed by atoms with Gasteiger partial charge < -0.3 is 5.11 Å². The molecular weight excluding hydrogens is 323 g/mol. The van der Waals surface area contributed by atoms with Crippen LogP contribution in [-0.4, -0.2) is 31.8 Å². The summed E-state index contributed by atoms with van der Waals surface area (Å²) in [6, 6.07) is 15.5. The van der Waals surface area contributed by atoms with Crippen LogP contribution >= 0.6 is 0 Å². The number of rotatable bonds is 7. The molecule has 1 aromatic heterocycles. The van der Waals surface area contributed by atoms with E-state index in [4.69, 9.17) is 0 Å². The predicted molar refractivity (Wildman–Crippen MR) is 91.1 cm³/mol. The summed E-state index contributed by atoms with van der Waals surface area (Å²) in [6.07, 6.45) is 0. The standard InChI is InChI=1S/C18H19FN4O2/c19-15-8-6-14(7-9-15)16(12-24)23(10-13-4-2-1-3-5-13)11-17-20-18(25)22-21-17/h1-9,16,24H,10-12H2,(H2,20,21,22,25)/t16-/m1/s1. The van der Waals surface area contributed by atoms with Crippen molar-refractivity contribution in [2.75, 3.05) is 6.61 Å². The quantitative estimate of drug-likeness (QED) is 0.613. The molecule has 0 bridgehead atoms. The van der Waals surface area contributed by atoms with Crippen LogP contribution in [0.5, 0.6) is 0 Å². The third-order valence-electron chi connectivity index (χ3n) is 4.00. The van der Waals surface area contributed by atoms with Crippen LogP contribution in [0.4, 0.5) is 4.39 Å². The lowest BCUT2D eigenvalue weighted by atomic mass is 10.0. The number of aliphatic hydroxyl groups is 1. The molecule has 1 atom stereocenters. The Morgan fingerprint density at radius 3 is 2.40 bits per heavy atom. The molecular formula is C18H19FN4O2. The minimum atomic E-state index is -0.378. The van der Waals surface area contributed by atoms with Gasteiger partial charge in [-0.2, -0.15) is 5.10 Å². The van der Waals surface area contributed by atoms with Crippen molar-refractivity contribution >= 4 is 0 Å². The van der Waals surface area contributed by atoms with Gasteiger partial charge in [0.2, 0.25) is 0 Å². The molecule has 1 heterocycles. The van der Waals surface area contributed by atoms with E-state index in [0.29, 0.717) is 18.9 Å². The molecule has 0 aliphatic carbocycles. The highest BCUT2D eigenvalue weighted by molar-refractivity contribution is 5.21. The lowest BCUT2D eigenvalue weighted by Gasteiger charge is -2.30. The fourth-order valence-electron chi connectivity index (χ4n) is 2.78. The van der Waals surface area contributed by atoms with E-state index >= 15 is 0 Å². The number of benzene rings is 2. The highest BCUT2D eigenvalue weighted by Gasteiger charge is 2.21. The van der Waals surface area contributed by atoms with Gasteiger partial charge in [0.15, 0.2) is 0 Å². The second-order valence-corrected chi connectivity index (χ2v) is 5.76. The van der Waals surface area contributed by atoms with E-state index in [1.165, 1.54) is 12.1 Å². The third-order valence-corrected chi connectivity index (χ3v) is 4.00. The van der Waals surface area contributed by atoms with Crippen LogP contribution in [0.2, 0.25) is 0 Å². The number of aromatic amines is 2. The Labute approximate surface area is 144 Å². The van der Waals surface area contributed by atoms with Crippen molar-refractivity contribution < 1.29 is 9.50 Å². The van der Waals surface area contributed by atoms with Crippen molar-refractivity contribution in [3.63, 3.8) is 0 Å². The normalized spacial score (nSPS) is 12.4. The van der Waals surface area contributed by atoms with Gasteiger partial charge in [0, 0.05) is 6.54 Å². The van der Waals surface area contributed by atoms with E-state index in [1.807, 2.05) is 35.2 Å². The van der Waals surface area contributed by atoms with Gasteiger partial charge in [-0.25, -0.2) is 14.3 Å². The maximum absolute atomic E-state index is 13.2. The van der Waals surface area contributed by atoms with Gasteiger partial charge in [-0.15, -0.1) is 0 Å². The first kappa shape index (κ1) is 17.1. The molecule has 0 radical (unpaired) electrons. The summed E-state index contributed by atoms with van der Waals surface area (Å²) in [6.45, 7) is 0.724. The predicted octanol–water partition coefficient (Wildman–Crippen LogP) is 1.97. The monoisotopic (exact) mass is 342 g/mol. The first-order valence-corrected chi connectivity index (χ1v) is 7.93. The Kier molecular flexibility index (Phi) is 5.37. The minimum absolute atomic E-state index is 0.146. The van der Waals surface area contributed by atoms with E-state index in [0.717, 1.165) is 11.1 Å². The van der Waals surface area contributed by atoms with Gasteiger partial charge in [-0.3, -0.25) is 9.88 Å². The molecule has 7 heteroatoms. The van der Waals surface area contributed by atoms with Crippen molar-refractivity contribution in [1.29, 1.82) is 0 Å². The fourth-order valence-corrected chi connectivity index (χ4v) is 2.78. The van der Waals surface area contributed by atoms with Crippen LogP contribution in [0, 0.1) is 5.82 Å². The number of hydrogen-bond acceptors (Lipinski definition) is 4. The molecule has 0 fully saturated rings. The number of H-pyrrole nitrogens is 2. The van der Waals surface area contributed by atoms with Crippen LogP contribution in [0.1, 0.15) is 23.0 Å². The highest BCUT2D eigenvalue weighted by Crippen LogP contribution is 2.24. The smallest absolute Gasteiger partial charge is 0.340 e. The number of nitrogens with one attached hydrogen (secondary N) is 2. The SMILES string of the molecule is O=c1[nH]nc(CN(Cc2ccccc2)[C@H](CO)c2ccc(F)cc2)[nH]1. The highest BCUT2D eigenvalue weighted by atomic mass is 19.1. The Bertz CT molecular complexity index is 845. The van der Waals surface area contributed by atoms with E-state index in [2.05, 4.69) is 15.2 Å². The second kappa shape index (κ2) is 7.87. The van der Waals surface area contributed by atoms with Crippen molar-refractivity contribution in [1.82, 2.24) is 20.1 Å². The first-order valence-electron chi connectivity index (χ1n) is 7.93. The van der Waals surface area contributed by atoms with Gasteiger partial charge >= 0.3 is 5.69 Å². The van der Waals surface area contributed by atoms with Gasteiger partial charge in [0.1, 0.15) is 11.6 Å². The van der Waals surface area contributed by atoms with Gasteiger partial charge in [0.05, 0.1) is 19.2 Å². The van der Waals surface area contributed by atoms with Crippen molar-refractivity contribution in [3.05, 3.63) is 87.9 Å². The second-order valence-electron chi connectivity index (χ2n) is 5.76. The zero-order chi connectivity index (χ0) is 17.6. The summed E-state index contributed by atoms with van der Waals surface area (Å²) in [5.41, 5.74) is 1.47. The van der Waals surface area contributed by atoms with Crippen molar-refractivity contribution in [2.24, 2.45) is 0 Å². The molecule has 0 aliphatic rings. The zero-order valence-corrected chi connectivity index (χ0v) is 13.5. The number of aromatic nitrogens is 3. The summed E-state index contributed by atoms with van der Waals surface area (Å²) in [5.74, 6) is 0.146. The minimum Gasteiger partial charge on any atom is -0.394 e. The average molecular weight is 342 g/mol. The largest absolute Gasteiger partial charge is 0.394 e. The molecule has 0 spiro atoms. The number of aliphatic hydroxyl groups excluding tert-OH is 1. The molecule has 130 valence electrons. The van der Waals surface area contributed by atoms with Gasteiger partial charge in [0.25, 0.3) is 0 Å². The zero-order valence-electron chi connectivity index (χ0n) is 13.5. The summed E-state index contributed by atoms with van der Waals surface area (Å²) >= 11 is 0. The molecule has 3 rings (SSSR count). The van der Waals surface area contributed by atoms with Crippen LogP contribution in [0.25, 0.3) is 0 Å². The summed E-state index contributed by atoms with van der Waals surface area (Å²) in [5, 5.41) is 16.2. The first-order chi connectivity index (χ1) is 12.2. The Hall–Kier alpha value is -2.77. The molecule has 2 aromatic carbocycles. The lowest BCUT2D eigenvalue weighted by molar-refractivity contribution is 0.107. The maximum atomic E-state index is 13.2. The molecule has 3 aromatic rings. The molecule has 3 N–H and O–H groups in total. The Morgan fingerprint density at radius 1 is 1.08 bits per heavy atom. The van der Waals surface area contributed by atoms with Crippen LogP contribution in [-0.2, 0) is 13.1 Å². The summed E-state index contributed by atoms with van der Waals surface area (Å²) in [7, 11) is 0. The number of hydrogen-bond donors (Lipinski definition) is 3. The number of halogens is 1. The maximum Gasteiger partial charge on any atom is 0.340 e. The fraction of sp³-hybridized carbons (Fsp3) is 0.222. The van der Waals surface area contributed by atoms with Gasteiger partial charge in [-0.05, 0) is 23.3 Å². The van der Waals surface area contributed by atoms with E-state index in [9.17, 15) is 14.3 Å². The van der Waals surface area contributed by atoms with Crippen molar-refractivity contribution in [3.8, 4) is 0 Å². The Balaban J connectivity index is 1.89. The van der Waals surface area contributed by atoms with Gasteiger partial charge in [-0.1, -0.05) is 42.5 Å². The topological polar surface area (TPSA) is 85.0 Å². The molecule has 25 heavy (non-hydrogen) atoms. The van der Waals surface area contributed by atoms with E-state index in [-0.39, 0.29) is 24.2 Å².